The van der Waals surface area contributed by atoms with Crippen LogP contribution in [0, 0.1) is 5.82 Å². The van der Waals surface area contributed by atoms with Gasteiger partial charge in [-0.1, -0.05) is 0 Å². The third-order valence-corrected chi connectivity index (χ3v) is 3.08. The van der Waals surface area contributed by atoms with E-state index in [4.69, 9.17) is 11.5 Å². The second-order valence-electron chi connectivity index (χ2n) is 4.52. The second kappa shape index (κ2) is 3.98. The highest BCUT2D eigenvalue weighted by Crippen LogP contribution is 2.27. The fourth-order valence-electron chi connectivity index (χ4n) is 2.24. The van der Waals surface area contributed by atoms with Crippen LogP contribution in [0.3, 0.4) is 0 Å². The number of aryl methyl sites for hydroxylation is 1. The fraction of sp³-hybridized carbons (Fsp3) is 0.0714. The van der Waals surface area contributed by atoms with Crippen molar-refractivity contribution in [3.8, 4) is 11.4 Å². The highest BCUT2D eigenvalue weighted by Gasteiger charge is 2.11. The molecule has 1 aromatic heterocycles. The minimum Gasteiger partial charge on any atom is -0.399 e. The number of hydrogen-bond acceptors (Lipinski definition) is 3. The molecule has 0 aliphatic carbocycles. The van der Waals surface area contributed by atoms with Crippen molar-refractivity contribution in [2.75, 3.05) is 11.5 Å². The lowest BCUT2D eigenvalue weighted by Gasteiger charge is -2.05. The maximum Gasteiger partial charge on any atom is 0.141 e. The summed E-state index contributed by atoms with van der Waals surface area (Å²) in [7, 11) is 1.88. The summed E-state index contributed by atoms with van der Waals surface area (Å²) in [6.45, 7) is 0. The molecule has 0 atom stereocenters. The highest BCUT2D eigenvalue weighted by atomic mass is 19.1. The van der Waals surface area contributed by atoms with Crippen molar-refractivity contribution in [1.29, 1.82) is 0 Å². The zero-order valence-electron chi connectivity index (χ0n) is 10.4. The van der Waals surface area contributed by atoms with Gasteiger partial charge in [-0.2, -0.15) is 0 Å². The average molecular weight is 256 g/mol. The minimum absolute atomic E-state index is 0.302. The number of halogens is 1. The molecular formula is C14H13FN4. The lowest BCUT2D eigenvalue weighted by atomic mass is 10.1. The van der Waals surface area contributed by atoms with E-state index in [1.54, 1.807) is 24.3 Å². The second-order valence-corrected chi connectivity index (χ2v) is 4.52. The largest absolute Gasteiger partial charge is 0.399 e. The van der Waals surface area contributed by atoms with Gasteiger partial charge in [-0.15, -0.1) is 0 Å². The van der Waals surface area contributed by atoms with E-state index >= 15 is 0 Å². The molecule has 19 heavy (non-hydrogen) atoms. The van der Waals surface area contributed by atoms with Crippen molar-refractivity contribution in [1.82, 2.24) is 9.55 Å². The molecule has 0 radical (unpaired) electrons. The van der Waals surface area contributed by atoms with E-state index in [2.05, 4.69) is 4.98 Å². The van der Waals surface area contributed by atoms with Crippen molar-refractivity contribution in [2.24, 2.45) is 7.05 Å². The summed E-state index contributed by atoms with van der Waals surface area (Å²) in [6, 6.07) is 9.82. The van der Waals surface area contributed by atoms with Gasteiger partial charge in [-0.3, -0.25) is 0 Å². The summed E-state index contributed by atoms with van der Waals surface area (Å²) in [5, 5.41) is 0. The third kappa shape index (κ3) is 1.89. The molecule has 0 unspecified atom stereocenters. The molecule has 5 heteroatoms. The van der Waals surface area contributed by atoms with Gasteiger partial charge in [-0.05, 0) is 30.3 Å². The molecule has 0 bridgehead atoms. The van der Waals surface area contributed by atoms with Crippen LogP contribution in [-0.4, -0.2) is 9.55 Å². The number of hydrogen-bond donors (Lipinski definition) is 2. The van der Waals surface area contributed by atoms with Gasteiger partial charge in [0.25, 0.3) is 0 Å². The van der Waals surface area contributed by atoms with Gasteiger partial charge in [0.05, 0.1) is 11.0 Å². The van der Waals surface area contributed by atoms with Crippen molar-refractivity contribution < 1.29 is 4.39 Å². The number of imidazole rings is 1. The molecule has 2 aromatic carbocycles. The van der Waals surface area contributed by atoms with E-state index in [1.807, 2.05) is 11.6 Å². The smallest absolute Gasteiger partial charge is 0.141 e. The normalized spacial score (nSPS) is 11.1. The fourth-order valence-corrected chi connectivity index (χ4v) is 2.24. The van der Waals surface area contributed by atoms with Crippen LogP contribution in [0.5, 0.6) is 0 Å². The molecule has 0 amide bonds. The molecule has 0 aliphatic heterocycles. The first-order valence-corrected chi connectivity index (χ1v) is 5.83. The number of nitrogens with two attached hydrogens (primary N) is 2. The number of fused-ring (bicyclic) bond motifs is 1. The van der Waals surface area contributed by atoms with E-state index in [0.29, 0.717) is 22.7 Å². The summed E-state index contributed by atoms with van der Waals surface area (Å²) in [5.74, 6) is 0.406. The van der Waals surface area contributed by atoms with Crippen molar-refractivity contribution in [3.63, 3.8) is 0 Å². The van der Waals surface area contributed by atoms with E-state index in [-0.39, 0.29) is 5.82 Å². The van der Waals surface area contributed by atoms with Crippen molar-refractivity contribution in [2.45, 2.75) is 0 Å². The molecule has 4 N–H and O–H groups in total. The van der Waals surface area contributed by atoms with Crippen LogP contribution in [-0.2, 0) is 7.05 Å². The molecule has 96 valence electrons. The van der Waals surface area contributed by atoms with E-state index in [0.717, 1.165) is 11.1 Å². The van der Waals surface area contributed by atoms with Gasteiger partial charge in [0, 0.05) is 30.1 Å². The molecule has 4 nitrogen and oxygen atoms in total. The lowest BCUT2D eigenvalue weighted by molar-refractivity contribution is 0.629. The Morgan fingerprint density at radius 1 is 1.05 bits per heavy atom. The van der Waals surface area contributed by atoms with E-state index in [1.165, 1.54) is 12.1 Å². The van der Waals surface area contributed by atoms with Gasteiger partial charge in [-0.25, -0.2) is 9.37 Å². The summed E-state index contributed by atoms with van der Waals surface area (Å²) < 4.78 is 15.1. The number of benzene rings is 2. The summed E-state index contributed by atoms with van der Waals surface area (Å²) in [4.78, 5) is 4.44. The molecule has 0 saturated carbocycles. The van der Waals surface area contributed by atoms with Crippen LogP contribution in [0.4, 0.5) is 15.8 Å². The third-order valence-electron chi connectivity index (χ3n) is 3.08. The Labute approximate surface area is 109 Å². The van der Waals surface area contributed by atoms with Gasteiger partial charge in [0.1, 0.15) is 11.6 Å². The standard InChI is InChI=1S/C14H13FN4/c1-19-13-3-2-9(15)6-12(13)18-14(19)8-4-10(16)7-11(17)5-8/h2-7H,16-17H2,1H3. The maximum absolute atomic E-state index is 13.2. The Morgan fingerprint density at radius 2 is 1.74 bits per heavy atom. The van der Waals surface area contributed by atoms with Crippen LogP contribution < -0.4 is 11.5 Å². The Morgan fingerprint density at radius 3 is 2.42 bits per heavy atom. The van der Waals surface area contributed by atoms with Gasteiger partial charge < -0.3 is 16.0 Å². The molecule has 1 heterocycles. The zero-order valence-corrected chi connectivity index (χ0v) is 10.4. The van der Waals surface area contributed by atoms with Crippen molar-refractivity contribution in [3.05, 3.63) is 42.2 Å². The molecule has 0 spiro atoms. The number of nitrogen functional groups attached to an aromatic ring is 2. The molecule has 3 aromatic rings. The van der Waals surface area contributed by atoms with Crippen LogP contribution in [0.15, 0.2) is 36.4 Å². The molecule has 0 saturated heterocycles. The number of aromatic nitrogens is 2. The van der Waals surface area contributed by atoms with Gasteiger partial charge >= 0.3 is 0 Å². The van der Waals surface area contributed by atoms with Gasteiger partial charge in [0.2, 0.25) is 0 Å². The Hall–Kier alpha value is -2.56. The average Bonchev–Trinajstić information content (AvgIpc) is 2.65. The molecule has 0 aliphatic rings. The summed E-state index contributed by atoms with van der Waals surface area (Å²) >= 11 is 0. The molecule has 0 fully saturated rings. The molecular weight excluding hydrogens is 243 g/mol. The Bertz CT molecular complexity index is 756. The Kier molecular flexibility index (Phi) is 2.41. The minimum atomic E-state index is -0.302. The maximum atomic E-state index is 13.2. The Balaban J connectivity index is 2.27. The predicted molar refractivity (Wildman–Crippen MR) is 74.9 cm³/mol. The highest BCUT2D eigenvalue weighted by molar-refractivity contribution is 5.81. The van der Waals surface area contributed by atoms with E-state index in [9.17, 15) is 4.39 Å². The first-order valence-electron chi connectivity index (χ1n) is 5.83. The lowest BCUT2D eigenvalue weighted by Crippen LogP contribution is -1.96. The van der Waals surface area contributed by atoms with Crippen LogP contribution in [0.1, 0.15) is 0 Å². The SMILES string of the molecule is Cn1c(-c2cc(N)cc(N)c2)nc2cc(F)ccc21. The zero-order chi connectivity index (χ0) is 13.6. The summed E-state index contributed by atoms with van der Waals surface area (Å²) in [6.07, 6.45) is 0. The predicted octanol–water partition coefficient (Wildman–Crippen LogP) is 2.54. The van der Waals surface area contributed by atoms with Gasteiger partial charge in [0.15, 0.2) is 0 Å². The van der Waals surface area contributed by atoms with E-state index < -0.39 is 0 Å². The van der Waals surface area contributed by atoms with Crippen LogP contribution >= 0.6 is 0 Å². The monoisotopic (exact) mass is 256 g/mol. The summed E-state index contributed by atoms with van der Waals surface area (Å²) in [5.41, 5.74) is 15.0. The number of rotatable bonds is 1. The topological polar surface area (TPSA) is 69.9 Å². The van der Waals surface area contributed by atoms with Crippen molar-refractivity contribution >= 4 is 22.4 Å². The first-order chi connectivity index (χ1) is 9.04. The number of anilines is 2. The van der Waals surface area contributed by atoms with Crippen LogP contribution in [0.2, 0.25) is 0 Å². The molecule has 3 rings (SSSR count). The van der Waals surface area contributed by atoms with Crippen LogP contribution in [0.25, 0.3) is 22.4 Å². The quantitative estimate of drug-likeness (QED) is 0.657. The first kappa shape index (κ1) is 11.5. The number of nitrogens with zero attached hydrogens (tertiary/aromatic N) is 2.